The number of hydrogen-bond acceptors (Lipinski definition) is 4. The standard InChI is InChI=1S/C18H24F2N2O3/c19-14-4-5-17(16(20)10-14)25-13-18(23)22-8-3-9-24-15(12-22)11-21-6-1-2-7-21/h4-5,10,15H,1-3,6-9,11-13H2/t15-/m0/s1. The van der Waals surface area contributed by atoms with Gasteiger partial charge in [-0.2, -0.15) is 0 Å². The molecule has 0 saturated carbocycles. The van der Waals surface area contributed by atoms with Crippen LogP contribution in [0, 0.1) is 11.6 Å². The van der Waals surface area contributed by atoms with Crippen LogP contribution in [0.5, 0.6) is 5.75 Å². The minimum Gasteiger partial charge on any atom is -0.481 e. The van der Waals surface area contributed by atoms with Crippen molar-refractivity contribution in [2.45, 2.75) is 25.4 Å². The molecule has 1 aromatic rings. The molecule has 1 atom stereocenters. The zero-order chi connectivity index (χ0) is 17.6. The van der Waals surface area contributed by atoms with E-state index in [1.807, 2.05) is 0 Å². The molecule has 2 heterocycles. The average Bonchev–Trinajstić information content (AvgIpc) is 2.98. The highest BCUT2D eigenvalue weighted by Crippen LogP contribution is 2.18. The monoisotopic (exact) mass is 354 g/mol. The second-order valence-electron chi connectivity index (χ2n) is 6.56. The number of carbonyl (C=O) groups is 1. The molecule has 0 aromatic heterocycles. The van der Waals surface area contributed by atoms with Crippen LogP contribution in [-0.2, 0) is 9.53 Å². The molecule has 0 radical (unpaired) electrons. The van der Waals surface area contributed by atoms with E-state index in [0.29, 0.717) is 19.7 Å². The molecule has 2 aliphatic heterocycles. The highest BCUT2D eigenvalue weighted by molar-refractivity contribution is 5.77. The van der Waals surface area contributed by atoms with Gasteiger partial charge in [0.2, 0.25) is 0 Å². The summed E-state index contributed by atoms with van der Waals surface area (Å²) in [6, 6.07) is 3.04. The fourth-order valence-electron chi connectivity index (χ4n) is 3.31. The molecule has 2 fully saturated rings. The average molecular weight is 354 g/mol. The van der Waals surface area contributed by atoms with Crippen LogP contribution in [-0.4, -0.2) is 67.7 Å². The number of nitrogens with zero attached hydrogens (tertiary/aromatic N) is 2. The van der Waals surface area contributed by atoms with Gasteiger partial charge in [-0.05, 0) is 44.5 Å². The van der Waals surface area contributed by atoms with Crippen LogP contribution in [0.1, 0.15) is 19.3 Å². The molecule has 0 bridgehead atoms. The van der Waals surface area contributed by atoms with Gasteiger partial charge in [0.15, 0.2) is 18.2 Å². The maximum atomic E-state index is 13.6. The molecule has 1 amide bonds. The first-order chi connectivity index (χ1) is 12.1. The van der Waals surface area contributed by atoms with Crippen molar-refractivity contribution >= 4 is 5.91 Å². The van der Waals surface area contributed by atoms with Crippen molar-refractivity contribution in [3.05, 3.63) is 29.8 Å². The van der Waals surface area contributed by atoms with Crippen LogP contribution < -0.4 is 4.74 Å². The summed E-state index contributed by atoms with van der Waals surface area (Å²) in [5.41, 5.74) is 0. The highest BCUT2D eigenvalue weighted by atomic mass is 19.1. The van der Waals surface area contributed by atoms with E-state index in [4.69, 9.17) is 9.47 Å². The number of carbonyl (C=O) groups excluding carboxylic acids is 1. The van der Waals surface area contributed by atoms with Gasteiger partial charge in [0, 0.05) is 32.3 Å². The predicted octanol–water partition coefficient (Wildman–Crippen LogP) is 2.06. The maximum absolute atomic E-state index is 13.6. The molecule has 0 spiro atoms. The maximum Gasteiger partial charge on any atom is 0.260 e. The van der Waals surface area contributed by atoms with E-state index in [2.05, 4.69) is 4.90 Å². The second-order valence-corrected chi connectivity index (χ2v) is 6.56. The third kappa shape index (κ3) is 5.12. The summed E-state index contributed by atoms with van der Waals surface area (Å²) in [4.78, 5) is 16.5. The Morgan fingerprint density at radius 3 is 2.76 bits per heavy atom. The van der Waals surface area contributed by atoms with Crippen LogP contribution in [0.25, 0.3) is 0 Å². The van der Waals surface area contributed by atoms with E-state index in [1.54, 1.807) is 4.90 Å². The van der Waals surface area contributed by atoms with Crippen molar-refractivity contribution in [2.75, 3.05) is 45.9 Å². The molecule has 0 unspecified atom stereocenters. The Bertz CT molecular complexity index is 594. The molecule has 138 valence electrons. The summed E-state index contributed by atoms with van der Waals surface area (Å²) in [5.74, 6) is -1.81. The summed E-state index contributed by atoms with van der Waals surface area (Å²) in [6.45, 7) is 4.49. The zero-order valence-electron chi connectivity index (χ0n) is 14.3. The van der Waals surface area contributed by atoms with Gasteiger partial charge < -0.3 is 19.3 Å². The predicted molar refractivity (Wildman–Crippen MR) is 88.5 cm³/mol. The Labute approximate surface area is 146 Å². The lowest BCUT2D eigenvalue weighted by Gasteiger charge is -2.27. The van der Waals surface area contributed by atoms with E-state index in [9.17, 15) is 13.6 Å². The highest BCUT2D eigenvalue weighted by Gasteiger charge is 2.25. The van der Waals surface area contributed by atoms with E-state index in [-0.39, 0.29) is 24.4 Å². The van der Waals surface area contributed by atoms with Gasteiger partial charge in [0.05, 0.1) is 6.10 Å². The number of halogens is 2. The fraction of sp³-hybridized carbons (Fsp3) is 0.611. The topological polar surface area (TPSA) is 42.0 Å². The molecule has 0 aliphatic carbocycles. The Hall–Kier alpha value is -1.73. The zero-order valence-corrected chi connectivity index (χ0v) is 14.3. The lowest BCUT2D eigenvalue weighted by Crippen LogP contribution is -2.43. The van der Waals surface area contributed by atoms with Gasteiger partial charge in [0.1, 0.15) is 5.82 Å². The smallest absolute Gasteiger partial charge is 0.260 e. The van der Waals surface area contributed by atoms with Gasteiger partial charge in [-0.1, -0.05) is 0 Å². The van der Waals surface area contributed by atoms with E-state index in [1.165, 1.54) is 18.9 Å². The molecule has 7 heteroatoms. The molecule has 5 nitrogen and oxygen atoms in total. The molecule has 0 N–H and O–H groups in total. The first-order valence-electron chi connectivity index (χ1n) is 8.81. The number of amides is 1. The van der Waals surface area contributed by atoms with Crippen LogP contribution >= 0.6 is 0 Å². The van der Waals surface area contributed by atoms with Gasteiger partial charge in [-0.25, -0.2) is 8.78 Å². The second kappa shape index (κ2) is 8.58. The summed E-state index contributed by atoms with van der Waals surface area (Å²) < 4.78 is 37.6. The SMILES string of the molecule is O=C(COc1ccc(F)cc1F)N1CCCO[C@@H](CN2CCCC2)C1. The number of likely N-dealkylation sites (tertiary alicyclic amines) is 1. The molecule has 25 heavy (non-hydrogen) atoms. The molecule has 2 saturated heterocycles. The van der Waals surface area contributed by atoms with E-state index >= 15 is 0 Å². The number of rotatable bonds is 5. The van der Waals surface area contributed by atoms with Crippen LogP contribution in [0.4, 0.5) is 8.78 Å². The Kier molecular flexibility index (Phi) is 6.20. The third-order valence-corrected chi connectivity index (χ3v) is 4.61. The minimum absolute atomic E-state index is 0.00731. The summed E-state index contributed by atoms with van der Waals surface area (Å²) in [6.07, 6.45) is 3.19. The number of benzene rings is 1. The number of hydrogen-bond donors (Lipinski definition) is 0. The fourth-order valence-corrected chi connectivity index (χ4v) is 3.31. The minimum atomic E-state index is -0.807. The molecular weight excluding hydrogens is 330 g/mol. The largest absolute Gasteiger partial charge is 0.481 e. The lowest BCUT2D eigenvalue weighted by molar-refractivity contribution is -0.134. The van der Waals surface area contributed by atoms with Gasteiger partial charge in [-0.3, -0.25) is 4.79 Å². The third-order valence-electron chi connectivity index (χ3n) is 4.61. The van der Waals surface area contributed by atoms with Crippen molar-refractivity contribution < 1.29 is 23.0 Å². The van der Waals surface area contributed by atoms with Gasteiger partial charge in [0.25, 0.3) is 5.91 Å². The Morgan fingerprint density at radius 1 is 1.20 bits per heavy atom. The van der Waals surface area contributed by atoms with Crippen LogP contribution in [0.2, 0.25) is 0 Å². The van der Waals surface area contributed by atoms with Crippen molar-refractivity contribution in [2.24, 2.45) is 0 Å². The quantitative estimate of drug-likeness (QED) is 0.812. The van der Waals surface area contributed by atoms with Gasteiger partial charge >= 0.3 is 0 Å². The summed E-state index contributed by atoms with van der Waals surface area (Å²) in [7, 11) is 0. The van der Waals surface area contributed by atoms with Gasteiger partial charge in [-0.15, -0.1) is 0 Å². The normalized spacial score (nSPS) is 22.0. The molecule has 1 aromatic carbocycles. The van der Waals surface area contributed by atoms with Crippen molar-refractivity contribution in [1.82, 2.24) is 9.80 Å². The Balaban J connectivity index is 1.52. The van der Waals surface area contributed by atoms with Crippen molar-refractivity contribution in [3.63, 3.8) is 0 Å². The van der Waals surface area contributed by atoms with Crippen LogP contribution in [0.3, 0.4) is 0 Å². The van der Waals surface area contributed by atoms with Crippen LogP contribution in [0.15, 0.2) is 18.2 Å². The summed E-state index contributed by atoms with van der Waals surface area (Å²) >= 11 is 0. The van der Waals surface area contributed by atoms with E-state index in [0.717, 1.165) is 38.2 Å². The first kappa shape index (κ1) is 18.1. The molecule has 2 aliphatic rings. The lowest BCUT2D eigenvalue weighted by atomic mass is 10.3. The molecule has 3 rings (SSSR count). The van der Waals surface area contributed by atoms with Crippen molar-refractivity contribution in [1.29, 1.82) is 0 Å². The first-order valence-corrected chi connectivity index (χ1v) is 8.81. The van der Waals surface area contributed by atoms with Crippen molar-refractivity contribution in [3.8, 4) is 5.75 Å². The Morgan fingerprint density at radius 2 is 2.00 bits per heavy atom. The summed E-state index contributed by atoms with van der Waals surface area (Å²) in [5, 5.41) is 0. The van der Waals surface area contributed by atoms with E-state index < -0.39 is 11.6 Å². The number of ether oxygens (including phenoxy) is 2. The molecular formula is C18H24F2N2O3.